The van der Waals surface area contributed by atoms with Gasteiger partial charge >= 0.3 is 0 Å². The van der Waals surface area contributed by atoms with Gasteiger partial charge in [0.2, 0.25) is 5.91 Å². The van der Waals surface area contributed by atoms with Crippen LogP contribution >= 0.6 is 11.8 Å². The molecule has 1 fully saturated rings. The van der Waals surface area contributed by atoms with E-state index in [1.807, 2.05) is 24.4 Å². The monoisotopic (exact) mass is 256 g/mol. The van der Waals surface area contributed by atoms with Crippen LogP contribution in [0.1, 0.15) is 5.56 Å². The van der Waals surface area contributed by atoms with Crippen molar-refractivity contribution in [3.05, 3.63) is 36.2 Å². The summed E-state index contributed by atoms with van der Waals surface area (Å²) in [6.07, 6.45) is 3.53. The maximum Gasteiger partial charge on any atom is 0.243 e. The summed E-state index contributed by atoms with van der Waals surface area (Å²) in [4.78, 5) is 13.1. The Labute approximate surface area is 107 Å². The molecule has 3 heterocycles. The third kappa shape index (κ3) is 1.41. The highest BCUT2D eigenvalue weighted by molar-refractivity contribution is 8.15. The number of carbonyl (C=O) groups is 1. The molecule has 2 aromatic heterocycles. The maximum absolute atomic E-state index is 11.8. The van der Waals surface area contributed by atoms with Crippen LogP contribution in [0.4, 0.5) is 5.69 Å². The first-order chi connectivity index (χ1) is 8.72. The number of amides is 1. The zero-order valence-electron chi connectivity index (χ0n) is 9.25. The Bertz CT molecular complexity index is 696. The number of thioether (sulfide) groups is 1. The second-order valence-corrected chi connectivity index (χ2v) is 4.78. The number of amidine groups is 1. The minimum atomic E-state index is -0.155. The molecule has 18 heavy (non-hydrogen) atoms. The van der Waals surface area contributed by atoms with E-state index in [9.17, 15) is 10.1 Å². The first kappa shape index (κ1) is 10.9. The van der Waals surface area contributed by atoms with Crippen LogP contribution in [0.15, 0.2) is 30.6 Å². The molecular formula is C12H8N4OS. The van der Waals surface area contributed by atoms with E-state index in [-0.39, 0.29) is 16.8 Å². The van der Waals surface area contributed by atoms with Crippen molar-refractivity contribution in [2.45, 2.75) is 0 Å². The van der Waals surface area contributed by atoms with Crippen LogP contribution in [-0.4, -0.2) is 21.2 Å². The topological polar surface area (TPSA) is 72.4 Å². The summed E-state index contributed by atoms with van der Waals surface area (Å²) in [5, 5.41) is 17.2. The van der Waals surface area contributed by atoms with Crippen molar-refractivity contribution >= 4 is 34.0 Å². The van der Waals surface area contributed by atoms with Crippen molar-refractivity contribution < 1.29 is 4.79 Å². The lowest BCUT2D eigenvalue weighted by atomic mass is 10.2. The van der Waals surface area contributed by atoms with E-state index in [2.05, 4.69) is 6.07 Å². The number of nitriles is 1. The van der Waals surface area contributed by atoms with Crippen molar-refractivity contribution in [2.24, 2.45) is 0 Å². The number of nitrogens with zero attached hydrogens (tertiary/aromatic N) is 3. The molecule has 0 radical (unpaired) electrons. The van der Waals surface area contributed by atoms with Crippen LogP contribution in [0.5, 0.6) is 0 Å². The zero-order chi connectivity index (χ0) is 12.7. The summed E-state index contributed by atoms with van der Waals surface area (Å²) in [6.45, 7) is 0. The van der Waals surface area contributed by atoms with Crippen LogP contribution in [-0.2, 0) is 4.79 Å². The van der Waals surface area contributed by atoms with E-state index < -0.39 is 0 Å². The first-order valence-electron chi connectivity index (χ1n) is 5.26. The summed E-state index contributed by atoms with van der Waals surface area (Å²) < 4.78 is 1.79. The largest absolute Gasteiger partial charge is 0.320 e. The highest BCUT2D eigenvalue weighted by Crippen LogP contribution is 2.31. The molecule has 5 nitrogen and oxygen atoms in total. The number of aromatic nitrogens is 1. The van der Waals surface area contributed by atoms with Crippen LogP contribution in [0.2, 0.25) is 0 Å². The van der Waals surface area contributed by atoms with Gasteiger partial charge in [-0.15, -0.1) is 0 Å². The molecule has 0 aromatic carbocycles. The Hall–Kier alpha value is -2.26. The van der Waals surface area contributed by atoms with Gasteiger partial charge in [0, 0.05) is 12.4 Å². The molecule has 3 rings (SSSR count). The van der Waals surface area contributed by atoms with E-state index in [0.717, 1.165) is 5.52 Å². The van der Waals surface area contributed by atoms with Gasteiger partial charge in [0.25, 0.3) is 0 Å². The fourth-order valence-corrected chi connectivity index (χ4v) is 2.73. The molecule has 88 valence electrons. The van der Waals surface area contributed by atoms with Crippen LogP contribution < -0.4 is 4.90 Å². The molecule has 0 saturated carbocycles. The predicted molar refractivity (Wildman–Crippen MR) is 69.8 cm³/mol. The minimum absolute atomic E-state index is 0.155. The number of pyridine rings is 1. The Morgan fingerprint density at radius 2 is 2.28 bits per heavy atom. The van der Waals surface area contributed by atoms with Gasteiger partial charge in [-0.3, -0.25) is 15.1 Å². The van der Waals surface area contributed by atoms with Gasteiger partial charge in [-0.25, -0.2) is 0 Å². The van der Waals surface area contributed by atoms with Gasteiger partial charge < -0.3 is 4.40 Å². The SMILES string of the molecule is N#Cc1c(N2C(=N)SCC2=O)cn2ccccc12. The lowest BCUT2D eigenvalue weighted by molar-refractivity contribution is -0.115. The fourth-order valence-electron chi connectivity index (χ4n) is 2.01. The number of hydrogen-bond donors (Lipinski definition) is 1. The van der Waals surface area contributed by atoms with Gasteiger partial charge in [0.15, 0.2) is 5.17 Å². The van der Waals surface area contributed by atoms with Crippen molar-refractivity contribution in [1.29, 1.82) is 10.7 Å². The summed E-state index contributed by atoms with van der Waals surface area (Å²) in [5.41, 5.74) is 1.66. The molecule has 1 aliphatic heterocycles. The van der Waals surface area contributed by atoms with Gasteiger partial charge in [-0.05, 0) is 12.1 Å². The first-order valence-corrected chi connectivity index (χ1v) is 6.25. The molecule has 2 aromatic rings. The normalized spacial score (nSPS) is 15.4. The maximum atomic E-state index is 11.8. The van der Waals surface area contributed by atoms with E-state index in [1.54, 1.807) is 10.6 Å². The van der Waals surface area contributed by atoms with Crippen molar-refractivity contribution in [2.75, 3.05) is 10.7 Å². The molecule has 1 amide bonds. The molecule has 0 unspecified atom stereocenters. The van der Waals surface area contributed by atoms with E-state index in [1.165, 1.54) is 16.7 Å². The number of fused-ring (bicyclic) bond motifs is 1. The average Bonchev–Trinajstić information content (AvgIpc) is 2.89. The van der Waals surface area contributed by atoms with Crippen LogP contribution in [0, 0.1) is 16.7 Å². The number of carbonyl (C=O) groups excluding carboxylic acids is 1. The second-order valence-electron chi connectivity index (χ2n) is 3.82. The van der Waals surface area contributed by atoms with Crippen molar-refractivity contribution in [3.63, 3.8) is 0 Å². The average molecular weight is 256 g/mol. The lowest BCUT2D eigenvalue weighted by Crippen LogP contribution is -2.28. The third-order valence-electron chi connectivity index (χ3n) is 2.80. The lowest BCUT2D eigenvalue weighted by Gasteiger charge is -2.12. The van der Waals surface area contributed by atoms with Gasteiger partial charge in [-0.2, -0.15) is 5.26 Å². The standard InChI is InChI=1S/C12H8N4OS/c13-5-8-9-3-1-2-4-15(9)6-10(8)16-11(17)7-18-12(16)14/h1-4,6,14H,7H2. The third-order valence-corrected chi connectivity index (χ3v) is 3.65. The number of rotatable bonds is 1. The van der Waals surface area contributed by atoms with Gasteiger partial charge in [-0.1, -0.05) is 17.8 Å². The molecule has 0 spiro atoms. The fraction of sp³-hybridized carbons (Fsp3) is 0.0833. The molecule has 1 saturated heterocycles. The summed E-state index contributed by atoms with van der Waals surface area (Å²) in [5.74, 6) is 0.105. The van der Waals surface area contributed by atoms with Crippen LogP contribution in [0.3, 0.4) is 0 Å². The van der Waals surface area contributed by atoms with Crippen molar-refractivity contribution in [1.82, 2.24) is 4.40 Å². The Kier molecular flexibility index (Phi) is 2.35. The smallest absolute Gasteiger partial charge is 0.243 e. The van der Waals surface area contributed by atoms with E-state index >= 15 is 0 Å². The van der Waals surface area contributed by atoms with Gasteiger partial charge in [0.1, 0.15) is 11.6 Å². The predicted octanol–water partition coefficient (Wildman–Crippen LogP) is 1.83. The minimum Gasteiger partial charge on any atom is -0.320 e. The Balaban J connectivity index is 2.26. The quantitative estimate of drug-likeness (QED) is 0.846. The summed E-state index contributed by atoms with van der Waals surface area (Å²) in [6, 6.07) is 7.62. The molecular weight excluding hydrogens is 248 g/mol. The van der Waals surface area contributed by atoms with E-state index in [4.69, 9.17) is 5.41 Å². The molecule has 1 aliphatic rings. The molecule has 0 atom stereocenters. The van der Waals surface area contributed by atoms with Crippen molar-refractivity contribution in [3.8, 4) is 6.07 Å². The molecule has 1 N–H and O–H groups in total. The number of anilines is 1. The Morgan fingerprint density at radius 3 is 2.94 bits per heavy atom. The van der Waals surface area contributed by atoms with Crippen LogP contribution in [0.25, 0.3) is 5.52 Å². The molecule has 0 aliphatic carbocycles. The summed E-state index contributed by atoms with van der Waals surface area (Å²) in [7, 11) is 0. The molecule has 6 heteroatoms. The summed E-state index contributed by atoms with van der Waals surface area (Å²) >= 11 is 1.18. The van der Waals surface area contributed by atoms with Gasteiger partial charge in [0.05, 0.1) is 17.0 Å². The molecule has 0 bridgehead atoms. The Morgan fingerprint density at radius 1 is 1.44 bits per heavy atom. The second kappa shape index (κ2) is 3.89. The highest BCUT2D eigenvalue weighted by atomic mass is 32.2. The number of hydrogen-bond acceptors (Lipinski definition) is 4. The van der Waals surface area contributed by atoms with E-state index in [0.29, 0.717) is 11.3 Å². The highest BCUT2D eigenvalue weighted by Gasteiger charge is 2.31. The zero-order valence-corrected chi connectivity index (χ0v) is 10.1. The number of nitrogens with one attached hydrogen (secondary N) is 1.